The van der Waals surface area contributed by atoms with Gasteiger partial charge in [-0.05, 0) is 22.0 Å². The lowest BCUT2D eigenvalue weighted by Gasteiger charge is -1.89. The Hall–Kier alpha value is -0.410. The zero-order chi connectivity index (χ0) is 6.69. The summed E-state index contributed by atoms with van der Waals surface area (Å²) in [4.78, 5) is 13.9. The largest absolute Gasteiger partial charge is 0.298 e. The molecule has 2 nitrogen and oxygen atoms in total. The zero-order valence-electron chi connectivity index (χ0n) is 4.95. The number of carbonyl (C=O) groups excluding carboxylic acids is 1. The van der Waals surface area contributed by atoms with Crippen molar-refractivity contribution in [2.45, 2.75) is 0 Å². The molecule has 0 radical (unpaired) electrons. The Morgan fingerprint density at radius 1 is 1.60 bits per heavy atom. The fourth-order valence-electron chi connectivity index (χ4n) is 0.476. The van der Waals surface area contributed by atoms with Crippen LogP contribution in [0.1, 0.15) is 10.4 Å². The molecule has 0 aliphatic carbocycles. The first-order chi connectivity index (χ1) is 4.34. The predicted octanol–water partition coefficient (Wildman–Crippen LogP) is 2.08. The third-order valence-corrected chi connectivity index (χ3v) is 1.65. The summed E-state index contributed by atoms with van der Waals surface area (Å²) in [6.07, 6.45) is 3.89. The molecule has 54 valence electrons. The van der Waals surface area contributed by atoms with Gasteiger partial charge in [0, 0.05) is 22.4 Å². The standard InChI is InChI=1S/C6H4BrNO.ClH/c7-6-1-2-8-3-5(6)4-9;/h1-4H;1H. The van der Waals surface area contributed by atoms with E-state index in [0.717, 1.165) is 10.8 Å². The lowest BCUT2D eigenvalue weighted by atomic mass is 10.3. The molecule has 1 rings (SSSR count). The Morgan fingerprint density at radius 3 is 2.70 bits per heavy atom. The topological polar surface area (TPSA) is 30.0 Å². The van der Waals surface area contributed by atoms with E-state index < -0.39 is 0 Å². The molecule has 0 aliphatic heterocycles. The van der Waals surface area contributed by atoms with Crippen LogP contribution in [0.4, 0.5) is 0 Å². The minimum atomic E-state index is 0. The van der Waals surface area contributed by atoms with Crippen molar-refractivity contribution in [3.8, 4) is 0 Å². The number of hydrogen-bond acceptors (Lipinski definition) is 2. The molecule has 0 aromatic carbocycles. The second-order valence-corrected chi connectivity index (χ2v) is 2.37. The van der Waals surface area contributed by atoms with Crippen molar-refractivity contribution in [1.82, 2.24) is 4.98 Å². The first-order valence-corrected chi connectivity index (χ1v) is 3.18. The van der Waals surface area contributed by atoms with Crippen molar-refractivity contribution in [3.05, 3.63) is 28.5 Å². The van der Waals surface area contributed by atoms with Gasteiger partial charge in [-0.25, -0.2) is 0 Å². The van der Waals surface area contributed by atoms with Gasteiger partial charge in [0.05, 0.1) is 0 Å². The Balaban J connectivity index is 0.000000810. The molecule has 0 saturated carbocycles. The molecule has 10 heavy (non-hydrogen) atoms. The summed E-state index contributed by atoms with van der Waals surface area (Å²) in [6.45, 7) is 0. The molecule has 1 aromatic heterocycles. The third-order valence-electron chi connectivity index (χ3n) is 0.923. The van der Waals surface area contributed by atoms with Crippen molar-refractivity contribution in [2.75, 3.05) is 0 Å². The van der Waals surface area contributed by atoms with Crippen LogP contribution in [0.2, 0.25) is 0 Å². The fourth-order valence-corrected chi connectivity index (χ4v) is 0.790. The Kier molecular flexibility index (Phi) is 4.23. The van der Waals surface area contributed by atoms with E-state index in [1.54, 1.807) is 12.3 Å². The van der Waals surface area contributed by atoms with Crippen molar-refractivity contribution in [1.29, 1.82) is 0 Å². The molecule has 0 spiro atoms. The highest BCUT2D eigenvalue weighted by Crippen LogP contribution is 2.11. The highest BCUT2D eigenvalue weighted by molar-refractivity contribution is 9.10. The quantitative estimate of drug-likeness (QED) is 0.681. The van der Waals surface area contributed by atoms with E-state index in [4.69, 9.17) is 0 Å². The van der Waals surface area contributed by atoms with E-state index in [0.29, 0.717) is 5.56 Å². The second-order valence-electron chi connectivity index (χ2n) is 1.52. The normalized spacial score (nSPS) is 8.10. The average Bonchev–Trinajstić information content (AvgIpc) is 1.89. The summed E-state index contributed by atoms with van der Waals surface area (Å²) < 4.78 is 0.785. The smallest absolute Gasteiger partial charge is 0.152 e. The number of nitrogens with zero attached hydrogens (tertiary/aromatic N) is 1. The van der Waals surface area contributed by atoms with E-state index in [1.807, 2.05) is 0 Å². The fraction of sp³-hybridized carbons (Fsp3) is 0. The first-order valence-electron chi connectivity index (χ1n) is 2.39. The van der Waals surface area contributed by atoms with Crippen LogP contribution in [0.5, 0.6) is 0 Å². The minimum Gasteiger partial charge on any atom is -0.298 e. The molecule has 1 heterocycles. The molecule has 0 saturated heterocycles. The second kappa shape index (κ2) is 4.41. The SMILES string of the molecule is Cl.O=Cc1cnccc1Br. The molecule has 4 heteroatoms. The van der Waals surface area contributed by atoms with E-state index >= 15 is 0 Å². The summed E-state index contributed by atoms with van der Waals surface area (Å²) in [7, 11) is 0. The maximum Gasteiger partial charge on any atom is 0.152 e. The van der Waals surface area contributed by atoms with Gasteiger partial charge in [0.1, 0.15) is 0 Å². The molecule has 0 N–H and O–H groups in total. The van der Waals surface area contributed by atoms with Crippen molar-refractivity contribution >= 4 is 34.6 Å². The van der Waals surface area contributed by atoms with Crippen LogP contribution in [0.25, 0.3) is 0 Å². The Morgan fingerprint density at radius 2 is 2.30 bits per heavy atom. The third kappa shape index (κ3) is 2.08. The van der Waals surface area contributed by atoms with Crippen molar-refractivity contribution in [2.24, 2.45) is 0 Å². The van der Waals surface area contributed by atoms with Crippen molar-refractivity contribution < 1.29 is 4.79 Å². The zero-order valence-corrected chi connectivity index (χ0v) is 7.35. The number of rotatable bonds is 1. The van der Waals surface area contributed by atoms with Gasteiger partial charge in [0.15, 0.2) is 6.29 Å². The Labute approximate surface area is 73.2 Å². The maximum absolute atomic E-state index is 10.2. The summed E-state index contributed by atoms with van der Waals surface area (Å²) in [6, 6.07) is 1.73. The van der Waals surface area contributed by atoms with Gasteiger partial charge >= 0.3 is 0 Å². The van der Waals surface area contributed by atoms with Crippen LogP contribution >= 0.6 is 28.3 Å². The van der Waals surface area contributed by atoms with Gasteiger partial charge < -0.3 is 0 Å². The van der Waals surface area contributed by atoms with Crippen molar-refractivity contribution in [3.63, 3.8) is 0 Å². The van der Waals surface area contributed by atoms with Crippen LogP contribution in [-0.2, 0) is 0 Å². The number of carbonyl (C=O) groups is 1. The van der Waals surface area contributed by atoms with E-state index in [-0.39, 0.29) is 12.4 Å². The van der Waals surface area contributed by atoms with Gasteiger partial charge in [0.2, 0.25) is 0 Å². The van der Waals surface area contributed by atoms with Crippen LogP contribution < -0.4 is 0 Å². The predicted molar refractivity (Wildman–Crippen MR) is 44.6 cm³/mol. The summed E-state index contributed by atoms with van der Waals surface area (Å²) in [5.74, 6) is 0. The number of pyridine rings is 1. The summed E-state index contributed by atoms with van der Waals surface area (Å²) >= 11 is 3.19. The molecule has 0 aliphatic rings. The molecule has 0 unspecified atom stereocenters. The van der Waals surface area contributed by atoms with Crippen LogP contribution in [0, 0.1) is 0 Å². The molecule has 0 atom stereocenters. The molecule has 0 bridgehead atoms. The number of halogens is 2. The van der Waals surface area contributed by atoms with Crippen LogP contribution in [0.3, 0.4) is 0 Å². The average molecular weight is 222 g/mol. The summed E-state index contributed by atoms with van der Waals surface area (Å²) in [5, 5.41) is 0. The van der Waals surface area contributed by atoms with Gasteiger partial charge in [-0.15, -0.1) is 12.4 Å². The molecular formula is C6H5BrClNO. The van der Waals surface area contributed by atoms with Gasteiger partial charge in [-0.2, -0.15) is 0 Å². The number of aromatic nitrogens is 1. The molecular weight excluding hydrogens is 217 g/mol. The van der Waals surface area contributed by atoms with E-state index in [9.17, 15) is 4.79 Å². The lowest BCUT2D eigenvalue weighted by molar-refractivity contribution is 0.112. The van der Waals surface area contributed by atoms with E-state index in [2.05, 4.69) is 20.9 Å². The van der Waals surface area contributed by atoms with Gasteiger partial charge in [0.25, 0.3) is 0 Å². The molecule has 0 fully saturated rings. The minimum absolute atomic E-state index is 0. The number of aldehydes is 1. The van der Waals surface area contributed by atoms with Gasteiger partial charge in [-0.3, -0.25) is 9.78 Å². The highest BCUT2D eigenvalue weighted by Gasteiger charge is 1.93. The number of hydrogen-bond donors (Lipinski definition) is 0. The van der Waals surface area contributed by atoms with Crippen LogP contribution in [-0.4, -0.2) is 11.3 Å². The molecule has 0 amide bonds. The van der Waals surface area contributed by atoms with Gasteiger partial charge in [-0.1, -0.05) is 0 Å². The molecule has 1 aromatic rings. The maximum atomic E-state index is 10.2. The first kappa shape index (κ1) is 9.59. The van der Waals surface area contributed by atoms with E-state index in [1.165, 1.54) is 6.20 Å². The summed E-state index contributed by atoms with van der Waals surface area (Å²) in [5.41, 5.74) is 0.581. The lowest BCUT2D eigenvalue weighted by Crippen LogP contribution is -1.81. The highest BCUT2D eigenvalue weighted by atomic mass is 79.9. The Bertz CT molecular complexity index is 229. The monoisotopic (exact) mass is 221 g/mol. The van der Waals surface area contributed by atoms with Crippen LogP contribution in [0.15, 0.2) is 22.9 Å².